The average Bonchev–Trinajstić information content (AvgIpc) is 3.23. The van der Waals surface area contributed by atoms with Crippen LogP contribution in [0.3, 0.4) is 0 Å². The first-order valence-electron chi connectivity index (χ1n) is 9.24. The molecule has 0 atom stereocenters. The van der Waals surface area contributed by atoms with Gasteiger partial charge in [0.1, 0.15) is 5.70 Å². The van der Waals surface area contributed by atoms with Gasteiger partial charge in [0.25, 0.3) is 11.8 Å². The average molecular weight is 500 g/mol. The minimum atomic E-state index is -0.522. The van der Waals surface area contributed by atoms with E-state index in [4.69, 9.17) is 21.1 Å². The molecule has 0 bridgehead atoms. The van der Waals surface area contributed by atoms with Crippen molar-refractivity contribution in [2.75, 3.05) is 12.1 Å². The molecule has 1 aliphatic rings. The summed E-state index contributed by atoms with van der Waals surface area (Å²) in [5.41, 5.74) is 1.52. The molecule has 2 amide bonds. The normalized spacial score (nSPS) is 12.4. The minimum absolute atomic E-state index is 0.0412. The van der Waals surface area contributed by atoms with Gasteiger partial charge in [-0.2, -0.15) is 0 Å². The molecule has 0 saturated heterocycles. The van der Waals surface area contributed by atoms with Crippen molar-refractivity contribution in [3.63, 3.8) is 0 Å². The first-order valence-corrected chi connectivity index (χ1v) is 10.4. The van der Waals surface area contributed by atoms with Gasteiger partial charge in [-0.05, 0) is 64.0 Å². The number of carbonyl (C=O) groups excluding carboxylic acids is 2. The van der Waals surface area contributed by atoms with Crippen LogP contribution in [0.4, 0.5) is 5.69 Å². The lowest BCUT2D eigenvalue weighted by Gasteiger charge is -2.13. The third-order valence-electron chi connectivity index (χ3n) is 4.44. The fourth-order valence-electron chi connectivity index (χ4n) is 2.92. The van der Waals surface area contributed by atoms with Crippen LogP contribution >= 0.6 is 27.5 Å². The summed E-state index contributed by atoms with van der Waals surface area (Å²) in [6, 6.07) is 19.0. The van der Waals surface area contributed by atoms with E-state index in [0.717, 1.165) is 0 Å². The maximum Gasteiger partial charge on any atom is 0.272 e. The second kappa shape index (κ2) is 9.24. The van der Waals surface area contributed by atoms with E-state index in [1.807, 2.05) is 0 Å². The van der Waals surface area contributed by atoms with Gasteiger partial charge in [0.15, 0.2) is 11.5 Å². The van der Waals surface area contributed by atoms with Gasteiger partial charge >= 0.3 is 0 Å². The lowest BCUT2D eigenvalue weighted by Crippen LogP contribution is -2.31. The molecule has 8 heteroatoms. The van der Waals surface area contributed by atoms with Gasteiger partial charge in [0.05, 0.1) is 16.3 Å². The molecule has 0 radical (unpaired) electrons. The molecule has 0 unspecified atom stereocenters. The molecule has 1 aliphatic heterocycles. The van der Waals surface area contributed by atoms with Crippen LogP contribution in [-0.2, 0) is 4.79 Å². The minimum Gasteiger partial charge on any atom is -0.454 e. The predicted octanol–water partition coefficient (Wildman–Crippen LogP) is 5.24. The number of anilines is 1. The summed E-state index contributed by atoms with van der Waals surface area (Å²) in [5, 5.41) is 5.81. The van der Waals surface area contributed by atoms with E-state index in [9.17, 15) is 9.59 Å². The number of carbonyl (C=O) groups is 2. The second-order valence-corrected chi connectivity index (χ2v) is 7.80. The number of nitrogens with one attached hydrogen (secondary N) is 2. The molecular formula is C23H16BrClN2O4. The second-order valence-electron chi connectivity index (χ2n) is 6.54. The van der Waals surface area contributed by atoms with Crippen LogP contribution in [0, 0.1) is 0 Å². The van der Waals surface area contributed by atoms with Gasteiger partial charge in [-0.15, -0.1) is 0 Å². The number of hydrogen-bond acceptors (Lipinski definition) is 4. The summed E-state index contributed by atoms with van der Waals surface area (Å²) in [5.74, 6) is 0.230. The first kappa shape index (κ1) is 21.0. The zero-order valence-electron chi connectivity index (χ0n) is 16.0. The number of halogens is 2. The lowest BCUT2D eigenvalue weighted by atomic mass is 10.1. The Kier molecular flexibility index (Phi) is 6.25. The Morgan fingerprint density at radius 3 is 2.52 bits per heavy atom. The Balaban J connectivity index is 1.66. The van der Waals surface area contributed by atoms with E-state index in [0.29, 0.717) is 37.8 Å². The van der Waals surface area contributed by atoms with E-state index in [1.54, 1.807) is 72.8 Å². The maximum atomic E-state index is 13.0. The summed E-state index contributed by atoms with van der Waals surface area (Å²) in [6.45, 7) is 0.140. The van der Waals surface area contributed by atoms with Crippen molar-refractivity contribution in [2.45, 2.75) is 0 Å². The predicted molar refractivity (Wildman–Crippen MR) is 122 cm³/mol. The third-order valence-corrected chi connectivity index (χ3v) is 5.46. The summed E-state index contributed by atoms with van der Waals surface area (Å²) in [7, 11) is 0. The highest BCUT2D eigenvalue weighted by Gasteiger charge is 2.18. The highest BCUT2D eigenvalue weighted by molar-refractivity contribution is 9.10. The van der Waals surface area contributed by atoms with Gasteiger partial charge in [-0.3, -0.25) is 9.59 Å². The van der Waals surface area contributed by atoms with Crippen LogP contribution < -0.4 is 20.1 Å². The van der Waals surface area contributed by atoms with Crippen LogP contribution in [0.2, 0.25) is 5.02 Å². The molecule has 156 valence electrons. The van der Waals surface area contributed by atoms with Crippen LogP contribution in [0.15, 0.2) is 76.9 Å². The SMILES string of the molecule is O=C(Nc1ccccc1Cl)C(=Cc1ccc2c(c1)OCO2)NC(=O)c1ccccc1Br. The zero-order chi connectivity index (χ0) is 21.8. The molecular weight excluding hydrogens is 484 g/mol. The largest absolute Gasteiger partial charge is 0.454 e. The fourth-order valence-corrected chi connectivity index (χ4v) is 3.56. The molecule has 1 heterocycles. The van der Waals surface area contributed by atoms with E-state index < -0.39 is 11.8 Å². The number of hydrogen-bond donors (Lipinski definition) is 2. The summed E-state index contributed by atoms with van der Waals surface area (Å²) in [4.78, 5) is 25.9. The monoisotopic (exact) mass is 498 g/mol. The molecule has 0 aliphatic carbocycles. The standard InChI is InChI=1S/C23H16BrClN2O4/c24-16-6-2-1-5-15(16)22(28)27-19(23(29)26-18-8-4-3-7-17(18)25)11-14-9-10-20-21(12-14)31-13-30-20/h1-12H,13H2,(H,26,29)(H,27,28). The first-order chi connectivity index (χ1) is 15.0. The van der Waals surface area contributed by atoms with Crippen molar-refractivity contribution in [1.29, 1.82) is 0 Å². The Hall–Kier alpha value is -3.29. The lowest BCUT2D eigenvalue weighted by molar-refractivity contribution is -0.113. The van der Waals surface area contributed by atoms with Crippen LogP contribution in [0.1, 0.15) is 15.9 Å². The van der Waals surface area contributed by atoms with Gasteiger partial charge in [-0.1, -0.05) is 41.9 Å². The fraction of sp³-hybridized carbons (Fsp3) is 0.0435. The smallest absolute Gasteiger partial charge is 0.272 e. The Bertz CT molecular complexity index is 1200. The molecule has 31 heavy (non-hydrogen) atoms. The van der Waals surface area contributed by atoms with Crippen LogP contribution in [0.25, 0.3) is 6.08 Å². The summed E-state index contributed by atoms with van der Waals surface area (Å²) >= 11 is 9.52. The van der Waals surface area contributed by atoms with Crippen LogP contribution in [-0.4, -0.2) is 18.6 Å². The summed E-state index contributed by atoms with van der Waals surface area (Å²) < 4.78 is 11.3. The quantitative estimate of drug-likeness (QED) is 0.471. The topological polar surface area (TPSA) is 76.7 Å². The van der Waals surface area contributed by atoms with E-state index in [-0.39, 0.29) is 12.5 Å². The molecule has 0 aromatic heterocycles. The van der Waals surface area contributed by atoms with E-state index in [1.165, 1.54) is 0 Å². The van der Waals surface area contributed by atoms with E-state index >= 15 is 0 Å². The highest BCUT2D eigenvalue weighted by atomic mass is 79.9. The number of rotatable bonds is 5. The van der Waals surface area contributed by atoms with Crippen molar-refractivity contribution < 1.29 is 19.1 Å². The van der Waals surface area contributed by atoms with Crippen molar-refractivity contribution in [2.24, 2.45) is 0 Å². The number of fused-ring (bicyclic) bond motifs is 1. The molecule has 0 fully saturated rings. The molecule has 0 spiro atoms. The molecule has 6 nitrogen and oxygen atoms in total. The Morgan fingerprint density at radius 1 is 0.968 bits per heavy atom. The molecule has 0 saturated carbocycles. The highest BCUT2D eigenvalue weighted by Crippen LogP contribution is 2.33. The van der Waals surface area contributed by atoms with Crippen molar-refractivity contribution >= 4 is 51.1 Å². The zero-order valence-corrected chi connectivity index (χ0v) is 18.4. The molecule has 2 N–H and O–H groups in total. The molecule has 3 aromatic rings. The maximum absolute atomic E-state index is 13.0. The molecule has 4 rings (SSSR count). The number of benzene rings is 3. The van der Waals surface area contributed by atoms with E-state index in [2.05, 4.69) is 26.6 Å². The number of ether oxygens (including phenoxy) is 2. The van der Waals surface area contributed by atoms with Crippen molar-refractivity contribution in [3.05, 3.63) is 93.0 Å². The van der Waals surface area contributed by atoms with Gasteiger partial charge in [0.2, 0.25) is 6.79 Å². The van der Waals surface area contributed by atoms with Crippen LogP contribution in [0.5, 0.6) is 11.5 Å². The van der Waals surface area contributed by atoms with Crippen molar-refractivity contribution in [1.82, 2.24) is 5.32 Å². The number of amides is 2. The third kappa shape index (κ3) is 4.90. The van der Waals surface area contributed by atoms with Gasteiger partial charge < -0.3 is 20.1 Å². The number of para-hydroxylation sites is 1. The Labute approximate surface area is 191 Å². The van der Waals surface area contributed by atoms with Gasteiger partial charge in [0, 0.05) is 4.47 Å². The van der Waals surface area contributed by atoms with Gasteiger partial charge in [-0.25, -0.2) is 0 Å². The Morgan fingerprint density at radius 2 is 1.71 bits per heavy atom. The molecule has 3 aromatic carbocycles. The van der Waals surface area contributed by atoms with Crippen molar-refractivity contribution in [3.8, 4) is 11.5 Å². The summed E-state index contributed by atoms with van der Waals surface area (Å²) in [6.07, 6.45) is 1.56.